The Balaban J connectivity index is 1.47. The Morgan fingerprint density at radius 3 is 2.20 bits per heavy atom. The maximum absolute atomic E-state index is 11.9. The van der Waals surface area contributed by atoms with Crippen molar-refractivity contribution in [3.63, 3.8) is 0 Å². The van der Waals surface area contributed by atoms with E-state index in [1.54, 1.807) is 12.5 Å². The van der Waals surface area contributed by atoms with Crippen LogP contribution in [0.3, 0.4) is 0 Å². The Morgan fingerprint density at radius 2 is 1.51 bits per heavy atom. The molecule has 0 unspecified atom stereocenters. The van der Waals surface area contributed by atoms with Crippen molar-refractivity contribution in [2.45, 2.75) is 132 Å². The standard InChI is InChI=1S/C32H52O3/c1-20(33)35-27-15-18-32(8)24(29(27,4)5)13-16-30(6)19-21-9-11-23-28(2,3)26(34)14-17-31(23,7)22(21)10-12-25(30)32/h9,22-27,34H,10-19H2,1-8H3/t22-,23-,24-,25-,26+,27+,30-,31+,32-/m0/s1. The third kappa shape index (κ3) is 3.63. The topological polar surface area (TPSA) is 46.5 Å². The van der Waals surface area contributed by atoms with Crippen LogP contribution in [-0.2, 0) is 9.53 Å². The lowest BCUT2D eigenvalue weighted by Crippen LogP contribution is -2.59. The zero-order chi connectivity index (χ0) is 25.6. The summed E-state index contributed by atoms with van der Waals surface area (Å²) < 4.78 is 5.90. The van der Waals surface area contributed by atoms with Crippen LogP contribution < -0.4 is 0 Å². The first-order valence-corrected chi connectivity index (χ1v) is 14.7. The molecule has 3 nitrogen and oxygen atoms in total. The monoisotopic (exact) mass is 484 g/mol. The third-order valence-electron chi connectivity index (χ3n) is 13.1. The van der Waals surface area contributed by atoms with Crippen molar-refractivity contribution in [1.82, 2.24) is 0 Å². The maximum Gasteiger partial charge on any atom is 0.302 e. The zero-order valence-electron chi connectivity index (χ0n) is 23.9. The molecule has 0 amide bonds. The summed E-state index contributed by atoms with van der Waals surface area (Å²) in [5.41, 5.74) is 2.76. The van der Waals surface area contributed by atoms with E-state index in [-0.39, 0.29) is 29.0 Å². The molecular weight excluding hydrogens is 432 g/mol. The van der Waals surface area contributed by atoms with Gasteiger partial charge in [-0.3, -0.25) is 4.79 Å². The van der Waals surface area contributed by atoms with Crippen LogP contribution in [0.25, 0.3) is 0 Å². The molecule has 0 bridgehead atoms. The van der Waals surface area contributed by atoms with Gasteiger partial charge in [-0.15, -0.1) is 0 Å². The number of rotatable bonds is 1. The molecule has 0 aromatic rings. The predicted molar refractivity (Wildman–Crippen MR) is 142 cm³/mol. The van der Waals surface area contributed by atoms with E-state index < -0.39 is 0 Å². The summed E-state index contributed by atoms with van der Waals surface area (Å²) in [4.78, 5) is 11.9. The first-order chi connectivity index (χ1) is 16.2. The van der Waals surface area contributed by atoms with Gasteiger partial charge in [0.15, 0.2) is 0 Å². The summed E-state index contributed by atoms with van der Waals surface area (Å²) in [6.45, 7) is 18.8. The Hall–Kier alpha value is -0.830. The second-order valence-electron chi connectivity index (χ2n) is 15.5. The first kappa shape index (κ1) is 25.8. The molecule has 5 aliphatic rings. The first-order valence-electron chi connectivity index (χ1n) is 14.7. The number of allylic oxidation sites excluding steroid dienone is 2. The molecule has 3 heteroatoms. The molecule has 4 saturated carbocycles. The van der Waals surface area contributed by atoms with Crippen LogP contribution in [0.1, 0.15) is 120 Å². The highest BCUT2D eigenvalue weighted by Crippen LogP contribution is 2.70. The van der Waals surface area contributed by atoms with E-state index in [2.05, 4.69) is 54.5 Å². The summed E-state index contributed by atoms with van der Waals surface area (Å²) in [5, 5.41) is 10.9. The number of ether oxygens (including phenoxy) is 1. The Labute approximate surface area is 214 Å². The average Bonchev–Trinajstić information content (AvgIpc) is 2.90. The second-order valence-corrected chi connectivity index (χ2v) is 15.5. The molecule has 0 aromatic heterocycles. The van der Waals surface area contributed by atoms with Crippen molar-refractivity contribution >= 4 is 5.97 Å². The van der Waals surface area contributed by atoms with Crippen molar-refractivity contribution < 1.29 is 14.6 Å². The van der Waals surface area contributed by atoms with Gasteiger partial charge in [0.25, 0.3) is 0 Å². The fourth-order valence-corrected chi connectivity index (χ4v) is 11.3. The van der Waals surface area contributed by atoms with Gasteiger partial charge in [0.2, 0.25) is 0 Å². The lowest BCUT2D eigenvalue weighted by molar-refractivity contribution is -0.191. The molecule has 0 heterocycles. The molecule has 0 radical (unpaired) electrons. The minimum Gasteiger partial charge on any atom is -0.462 e. The van der Waals surface area contributed by atoms with Gasteiger partial charge in [-0.1, -0.05) is 60.1 Å². The van der Waals surface area contributed by atoms with Gasteiger partial charge in [0.05, 0.1) is 6.10 Å². The lowest BCUT2D eigenvalue weighted by atomic mass is 9.42. The number of carbonyl (C=O) groups excluding carboxylic acids is 1. The molecule has 35 heavy (non-hydrogen) atoms. The molecular formula is C32H52O3. The molecule has 0 aliphatic heterocycles. The predicted octanol–water partition coefficient (Wildman–Crippen LogP) is 7.71. The largest absolute Gasteiger partial charge is 0.462 e. The van der Waals surface area contributed by atoms with E-state index in [1.165, 1.54) is 44.9 Å². The normalized spacial score (nSPS) is 50.4. The molecule has 198 valence electrons. The highest BCUT2D eigenvalue weighted by atomic mass is 16.5. The van der Waals surface area contributed by atoms with Gasteiger partial charge < -0.3 is 9.84 Å². The fraction of sp³-hybridized carbons (Fsp3) is 0.906. The SMILES string of the molecule is CC(=O)O[C@@H]1CC[C@@]2(C)[C@@H](CC[C@@]3(C)CC4=CC[C@H]5C(C)(C)[C@H](O)CC[C@]5(C)[C@H]4CC[C@@H]32)C1(C)C. The highest BCUT2D eigenvalue weighted by molar-refractivity contribution is 5.66. The molecule has 0 spiro atoms. The van der Waals surface area contributed by atoms with E-state index in [1.807, 2.05) is 0 Å². The number of hydrogen-bond donors (Lipinski definition) is 1. The Morgan fingerprint density at radius 1 is 0.829 bits per heavy atom. The average molecular weight is 485 g/mol. The van der Waals surface area contributed by atoms with Gasteiger partial charge in [-0.05, 0) is 110 Å². The molecule has 4 fully saturated rings. The molecule has 1 N–H and O–H groups in total. The summed E-state index contributed by atoms with van der Waals surface area (Å²) >= 11 is 0. The number of fused-ring (bicyclic) bond motifs is 6. The van der Waals surface area contributed by atoms with Crippen LogP contribution in [-0.4, -0.2) is 23.3 Å². The van der Waals surface area contributed by atoms with Crippen molar-refractivity contribution in [2.24, 2.45) is 50.7 Å². The summed E-state index contributed by atoms with van der Waals surface area (Å²) in [6.07, 6.45) is 14.4. The van der Waals surface area contributed by atoms with Crippen LogP contribution in [0, 0.1) is 50.7 Å². The minimum atomic E-state index is -0.171. The van der Waals surface area contributed by atoms with Crippen LogP contribution in [0.2, 0.25) is 0 Å². The number of hydrogen-bond acceptors (Lipinski definition) is 3. The van der Waals surface area contributed by atoms with Gasteiger partial charge in [0, 0.05) is 12.3 Å². The van der Waals surface area contributed by atoms with E-state index in [9.17, 15) is 9.90 Å². The van der Waals surface area contributed by atoms with Gasteiger partial charge in [0.1, 0.15) is 6.10 Å². The van der Waals surface area contributed by atoms with Crippen molar-refractivity contribution in [3.8, 4) is 0 Å². The van der Waals surface area contributed by atoms with Crippen LogP contribution in [0.5, 0.6) is 0 Å². The summed E-state index contributed by atoms with van der Waals surface area (Å²) in [6, 6.07) is 0. The number of aliphatic hydroxyl groups is 1. The van der Waals surface area contributed by atoms with Gasteiger partial charge in [-0.2, -0.15) is 0 Å². The summed E-state index contributed by atoms with van der Waals surface area (Å²) in [7, 11) is 0. The van der Waals surface area contributed by atoms with Crippen molar-refractivity contribution in [2.75, 3.05) is 0 Å². The Kier molecular flexibility index (Phi) is 5.96. The highest BCUT2D eigenvalue weighted by Gasteiger charge is 2.63. The van der Waals surface area contributed by atoms with E-state index >= 15 is 0 Å². The van der Waals surface area contributed by atoms with Crippen LogP contribution in [0.4, 0.5) is 0 Å². The van der Waals surface area contributed by atoms with E-state index in [0.717, 1.165) is 25.2 Å². The van der Waals surface area contributed by atoms with E-state index in [4.69, 9.17) is 4.74 Å². The second kappa shape index (κ2) is 8.08. The summed E-state index contributed by atoms with van der Waals surface area (Å²) in [5.74, 6) is 2.44. The van der Waals surface area contributed by atoms with Gasteiger partial charge >= 0.3 is 5.97 Å². The van der Waals surface area contributed by atoms with Crippen molar-refractivity contribution in [1.29, 1.82) is 0 Å². The molecule has 5 rings (SSSR count). The number of carbonyl (C=O) groups is 1. The van der Waals surface area contributed by atoms with Gasteiger partial charge in [-0.25, -0.2) is 0 Å². The van der Waals surface area contributed by atoms with E-state index in [0.29, 0.717) is 34.0 Å². The number of esters is 1. The van der Waals surface area contributed by atoms with Crippen molar-refractivity contribution in [3.05, 3.63) is 11.6 Å². The molecule has 9 atom stereocenters. The quantitative estimate of drug-likeness (QED) is 0.306. The molecule has 0 saturated heterocycles. The Bertz CT molecular complexity index is 900. The van der Waals surface area contributed by atoms with Crippen LogP contribution in [0.15, 0.2) is 11.6 Å². The fourth-order valence-electron chi connectivity index (χ4n) is 11.3. The molecule has 0 aromatic carbocycles. The maximum atomic E-state index is 11.9. The zero-order valence-corrected chi connectivity index (χ0v) is 23.9. The smallest absolute Gasteiger partial charge is 0.302 e. The number of aliphatic hydroxyl groups excluding tert-OH is 1. The lowest BCUT2D eigenvalue weighted by Gasteiger charge is -2.64. The molecule has 5 aliphatic carbocycles. The third-order valence-corrected chi connectivity index (χ3v) is 13.1. The minimum absolute atomic E-state index is 0.00576. The van der Waals surface area contributed by atoms with Crippen LogP contribution >= 0.6 is 0 Å².